The van der Waals surface area contributed by atoms with Crippen molar-refractivity contribution in [2.24, 2.45) is 0 Å². The molecule has 1 aromatic rings. The van der Waals surface area contributed by atoms with E-state index in [0.717, 1.165) is 31.7 Å². The smallest absolute Gasteiger partial charge is 0.237 e. The van der Waals surface area contributed by atoms with Crippen LogP contribution in [0, 0.1) is 0 Å². The minimum Gasteiger partial charge on any atom is -0.496 e. The molecule has 2 rings (SSSR count). The molecule has 1 aliphatic rings. The van der Waals surface area contributed by atoms with Gasteiger partial charge in [-0.3, -0.25) is 4.79 Å². The average Bonchev–Trinajstić information content (AvgIpc) is 2.46. The van der Waals surface area contributed by atoms with Gasteiger partial charge in [0.25, 0.3) is 0 Å². The molecule has 1 atom stereocenters. The lowest BCUT2D eigenvalue weighted by molar-refractivity contribution is -0.129. The Hall–Kier alpha value is -1.22. The number of nitrogens with zero attached hydrogens (tertiary/aromatic N) is 1. The molecule has 1 heterocycles. The van der Waals surface area contributed by atoms with E-state index in [-0.39, 0.29) is 11.8 Å². The maximum absolute atomic E-state index is 11.7. The van der Waals surface area contributed by atoms with Gasteiger partial charge in [0.2, 0.25) is 5.91 Å². The number of carbonyl (C=O) groups excluding carboxylic acids is 1. The van der Waals surface area contributed by atoms with Crippen molar-refractivity contribution < 1.29 is 9.53 Å². The maximum Gasteiger partial charge on any atom is 0.237 e. The second-order valence-electron chi connectivity index (χ2n) is 4.55. The summed E-state index contributed by atoms with van der Waals surface area (Å²) < 4.78 is 5.39. The van der Waals surface area contributed by atoms with Gasteiger partial charge >= 0.3 is 0 Å². The third-order valence-corrected chi connectivity index (χ3v) is 3.70. The van der Waals surface area contributed by atoms with Crippen LogP contribution in [0.2, 0.25) is 0 Å². The molecule has 1 unspecified atom stereocenters. The largest absolute Gasteiger partial charge is 0.496 e. The molecule has 0 N–H and O–H groups in total. The molecule has 4 heteroatoms. The lowest BCUT2D eigenvalue weighted by Gasteiger charge is -2.33. The monoisotopic (exact) mass is 267 g/mol. The van der Waals surface area contributed by atoms with Gasteiger partial charge in [-0.2, -0.15) is 0 Å². The summed E-state index contributed by atoms with van der Waals surface area (Å²) in [4.78, 5) is 13.5. The zero-order chi connectivity index (χ0) is 13.0. The third-order valence-electron chi connectivity index (χ3n) is 3.47. The highest BCUT2D eigenvalue weighted by molar-refractivity contribution is 6.27. The SMILES string of the molecule is COc1ccccc1C1CCCN(C(=O)CCl)C1. The first kappa shape index (κ1) is 13.2. The highest BCUT2D eigenvalue weighted by Gasteiger charge is 2.25. The maximum atomic E-state index is 11.7. The molecule has 1 amide bonds. The van der Waals surface area contributed by atoms with E-state index in [1.165, 1.54) is 5.56 Å². The number of methoxy groups -OCH3 is 1. The van der Waals surface area contributed by atoms with Crippen LogP contribution in [0.4, 0.5) is 0 Å². The molecule has 1 aliphatic heterocycles. The Morgan fingerprint density at radius 2 is 2.28 bits per heavy atom. The van der Waals surface area contributed by atoms with Gasteiger partial charge in [0, 0.05) is 19.0 Å². The first-order valence-electron chi connectivity index (χ1n) is 6.23. The summed E-state index contributed by atoms with van der Waals surface area (Å²) in [6.45, 7) is 1.56. The number of halogens is 1. The number of piperidine rings is 1. The number of rotatable bonds is 3. The normalized spacial score (nSPS) is 19.7. The standard InChI is InChI=1S/C14H18ClNO2/c1-18-13-7-3-2-6-12(13)11-5-4-8-16(10-11)14(17)9-15/h2-3,6-7,11H,4-5,8-10H2,1H3. The summed E-state index contributed by atoms with van der Waals surface area (Å²) in [5.74, 6) is 1.35. The van der Waals surface area contributed by atoms with Crippen LogP contribution >= 0.6 is 11.6 Å². The molecule has 0 bridgehead atoms. The number of para-hydroxylation sites is 1. The summed E-state index contributed by atoms with van der Waals surface area (Å²) >= 11 is 5.62. The average molecular weight is 268 g/mol. The van der Waals surface area contributed by atoms with E-state index in [2.05, 4.69) is 6.07 Å². The molecule has 0 saturated carbocycles. The first-order chi connectivity index (χ1) is 8.76. The van der Waals surface area contributed by atoms with Gasteiger partial charge in [-0.05, 0) is 24.5 Å². The number of benzene rings is 1. The van der Waals surface area contributed by atoms with E-state index >= 15 is 0 Å². The third kappa shape index (κ3) is 2.78. The molecular formula is C14H18ClNO2. The van der Waals surface area contributed by atoms with E-state index in [4.69, 9.17) is 16.3 Å². The van der Waals surface area contributed by atoms with Crippen molar-refractivity contribution in [3.05, 3.63) is 29.8 Å². The Balaban J connectivity index is 2.15. The number of hydrogen-bond donors (Lipinski definition) is 0. The van der Waals surface area contributed by atoms with Crippen molar-refractivity contribution in [3.8, 4) is 5.75 Å². The van der Waals surface area contributed by atoms with E-state index < -0.39 is 0 Å². The topological polar surface area (TPSA) is 29.5 Å². The van der Waals surface area contributed by atoms with Crippen LogP contribution in [0.3, 0.4) is 0 Å². The molecule has 1 aromatic carbocycles. The van der Waals surface area contributed by atoms with Crippen molar-refractivity contribution in [1.29, 1.82) is 0 Å². The summed E-state index contributed by atoms with van der Waals surface area (Å²) in [7, 11) is 1.68. The van der Waals surface area contributed by atoms with Gasteiger partial charge in [-0.15, -0.1) is 11.6 Å². The van der Waals surface area contributed by atoms with E-state index in [0.29, 0.717) is 5.92 Å². The highest BCUT2D eigenvalue weighted by atomic mass is 35.5. The fraction of sp³-hybridized carbons (Fsp3) is 0.500. The van der Waals surface area contributed by atoms with Gasteiger partial charge < -0.3 is 9.64 Å². The van der Waals surface area contributed by atoms with Crippen LogP contribution < -0.4 is 4.74 Å². The molecular weight excluding hydrogens is 250 g/mol. The van der Waals surface area contributed by atoms with Crippen LogP contribution in [0.1, 0.15) is 24.3 Å². The molecule has 0 spiro atoms. The lowest BCUT2D eigenvalue weighted by Crippen LogP contribution is -2.39. The van der Waals surface area contributed by atoms with E-state index in [9.17, 15) is 4.79 Å². The Morgan fingerprint density at radius 3 is 3.00 bits per heavy atom. The van der Waals surface area contributed by atoms with Crippen LogP contribution in [0.15, 0.2) is 24.3 Å². The predicted molar refractivity (Wildman–Crippen MR) is 72.3 cm³/mol. The molecule has 1 fully saturated rings. The summed E-state index contributed by atoms with van der Waals surface area (Å²) in [5.41, 5.74) is 1.19. The first-order valence-corrected chi connectivity index (χ1v) is 6.76. The number of alkyl halides is 1. The van der Waals surface area contributed by atoms with Gasteiger partial charge in [-0.25, -0.2) is 0 Å². The predicted octanol–water partition coefficient (Wildman–Crippen LogP) is 2.64. The second kappa shape index (κ2) is 6.10. The van der Waals surface area contributed by atoms with Crippen LogP contribution in [0.25, 0.3) is 0 Å². The number of hydrogen-bond acceptors (Lipinski definition) is 2. The fourth-order valence-corrected chi connectivity index (χ4v) is 2.71. The molecule has 0 aromatic heterocycles. The van der Waals surface area contributed by atoms with Gasteiger partial charge in [0.15, 0.2) is 0 Å². The Labute approximate surface area is 113 Å². The van der Waals surface area contributed by atoms with Crippen molar-refractivity contribution in [2.75, 3.05) is 26.1 Å². The Kier molecular flexibility index (Phi) is 4.48. The number of carbonyl (C=O) groups is 1. The fourth-order valence-electron chi connectivity index (χ4n) is 2.55. The zero-order valence-corrected chi connectivity index (χ0v) is 11.3. The van der Waals surface area contributed by atoms with E-state index in [1.54, 1.807) is 7.11 Å². The summed E-state index contributed by atoms with van der Waals surface area (Å²) in [6.07, 6.45) is 2.11. The van der Waals surface area contributed by atoms with Crippen molar-refractivity contribution in [2.45, 2.75) is 18.8 Å². The highest BCUT2D eigenvalue weighted by Crippen LogP contribution is 2.32. The van der Waals surface area contributed by atoms with Gasteiger partial charge in [0.05, 0.1) is 7.11 Å². The Morgan fingerprint density at radius 1 is 1.50 bits per heavy atom. The number of amides is 1. The van der Waals surface area contributed by atoms with Gasteiger partial charge in [-0.1, -0.05) is 18.2 Å². The van der Waals surface area contributed by atoms with Crippen LogP contribution in [-0.2, 0) is 4.79 Å². The Bertz CT molecular complexity index is 422. The van der Waals surface area contributed by atoms with Gasteiger partial charge in [0.1, 0.15) is 11.6 Å². The minimum absolute atomic E-state index is 0.0243. The molecule has 1 saturated heterocycles. The van der Waals surface area contributed by atoms with Crippen molar-refractivity contribution in [3.63, 3.8) is 0 Å². The number of ether oxygens (including phenoxy) is 1. The second-order valence-corrected chi connectivity index (χ2v) is 4.82. The molecule has 98 valence electrons. The quantitative estimate of drug-likeness (QED) is 0.788. The molecule has 18 heavy (non-hydrogen) atoms. The minimum atomic E-state index is 0.0243. The summed E-state index contributed by atoms with van der Waals surface area (Å²) in [5, 5.41) is 0. The van der Waals surface area contributed by atoms with Crippen LogP contribution in [-0.4, -0.2) is 36.9 Å². The van der Waals surface area contributed by atoms with E-state index in [1.807, 2.05) is 23.1 Å². The summed E-state index contributed by atoms with van der Waals surface area (Å²) in [6, 6.07) is 8.03. The molecule has 3 nitrogen and oxygen atoms in total. The zero-order valence-electron chi connectivity index (χ0n) is 10.6. The molecule has 0 aliphatic carbocycles. The van der Waals surface area contributed by atoms with Crippen molar-refractivity contribution in [1.82, 2.24) is 4.90 Å². The van der Waals surface area contributed by atoms with Crippen molar-refractivity contribution >= 4 is 17.5 Å². The lowest BCUT2D eigenvalue weighted by atomic mass is 9.90. The number of likely N-dealkylation sites (tertiary alicyclic amines) is 1. The molecule has 0 radical (unpaired) electrons. The van der Waals surface area contributed by atoms with Crippen LogP contribution in [0.5, 0.6) is 5.75 Å².